The molecule has 0 bridgehead atoms. The maximum atomic E-state index is 12.3. The van der Waals surface area contributed by atoms with Crippen LogP contribution in [0.2, 0.25) is 0 Å². The monoisotopic (exact) mass is 358 g/mol. The largest absolute Gasteiger partial charge is 0.393 e. The lowest BCUT2D eigenvalue weighted by molar-refractivity contribution is -0.172. The van der Waals surface area contributed by atoms with Crippen molar-refractivity contribution in [2.45, 2.75) is 44.8 Å². The lowest BCUT2D eigenvalue weighted by Gasteiger charge is -2.57. The molecule has 0 aromatic carbocycles. The smallest absolute Gasteiger partial charge is 0.190 e. The van der Waals surface area contributed by atoms with Crippen molar-refractivity contribution < 1.29 is 24.9 Å². The number of aliphatic hydroxyl groups is 3. The van der Waals surface area contributed by atoms with Gasteiger partial charge in [0.1, 0.15) is 12.2 Å². The fourth-order valence-electron chi connectivity index (χ4n) is 6.38. The Balaban J connectivity index is 1.80. The lowest BCUT2D eigenvalue weighted by atomic mass is 9.48. The molecule has 140 valence electrons. The van der Waals surface area contributed by atoms with E-state index in [1.165, 1.54) is 0 Å². The second kappa shape index (κ2) is 5.47. The van der Waals surface area contributed by atoms with Crippen molar-refractivity contribution >= 4 is 11.6 Å². The molecule has 3 N–H and O–H groups in total. The first kappa shape index (κ1) is 17.8. The van der Waals surface area contributed by atoms with Crippen LogP contribution in [0.4, 0.5) is 0 Å². The van der Waals surface area contributed by atoms with Gasteiger partial charge in [0.25, 0.3) is 0 Å². The van der Waals surface area contributed by atoms with E-state index in [1.54, 1.807) is 12.2 Å². The van der Waals surface area contributed by atoms with E-state index in [4.69, 9.17) is 0 Å². The first-order chi connectivity index (χ1) is 12.2. The van der Waals surface area contributed by atoms with Gasteiger partial charge in [-0.3, -0.25) is 9.59 Å². The minimum Gasteiger partial charge on any atom is -0.393 e. The summed E-state index contributed by atoms with van der Waals surface area (Å²) in [5, 5.41) is 31.6. The highest BCUT2D eigenvalue weighted by atomic mass is 16.3. The summed E-state index contributed by atoms with van der Waals surface area (Å²) in [6.45, 7) is 3.24. The molecule has 7 atom stereocenters. The summed E-state index contributed by atoms with van der Waals surface area (Å²) in [4.78, 5) is 24.1. The number of aliphatic hydroxyl groups excluding tert-OH is 2. The Kier molecular flexibility index (Phi) is 3.75. The molecule has 0 aromatic heterocycles. The fraction of sp³-hybridized carbons (Fsp3) is 0.619. The second-order valence-electron chi connectivity index (χ2n) is 8.86. The predicted octanol–water partition coefficient (Wildman–Crippen LogP) is 1.33. The average Bonchev–Trinajstić information content (AvgIpc) is 2.86. The van der Waals surface area contributed by atoms with Crippen LogP contribution < -0.4 is 0 Å². The van der Waals surface area contributed by atoms with E-state index in [1.807, 2.05) is 25.2 Å². The highest BCUT2D eigenvalue weighted by Gasteiger charge is 2.67. The number of rotatable bonds is 2. The minimum atomic E-state index is -1.60. The molecule has 0 heterocycles. The summed E-state index contributed by atoms with van der Waals surface area (Å²) in [5.41, 5.74) is -1.89. The lowest BCUT2D eigenvalue weighted by Crippen LogP contribution is -2.61. The van der Waals surface area contributed by atoms with Crippen molar-refractivity contribution in [3.63, 3.8) is 0 Å². The summed E-state index contributed by atoms with van der Waals surface area (Å²) in [7, 11) is 0. The van der Waals surface area contributed by atoms with Gasteiger partial charge < -0.3 is 15.3 Å². The molecule has 0 aromatic rings. The van der Waals surface area contributed by atoms with E-state index in [0.29, 0.717) is 19.3 Å². The molecule has 0 saturated heterocycles. The highest BCUT2D eigenvalue weighted by Crippen LogP contribution is 2.65. The van der Waals surface area contributed by atoms with Crippen LogP contribution in [0, 0.1) is 28.6 Å². The normalized spacial score (nSPS) is 49.3. The molecule has 4 aliphatic carbocycles. The molecule has 4 rings (SSSR count). The minimum absolute atomic E-state index is 0.00395. The molecular weight excluding hydrogens is 332 g/mol. The van der Waals surface area contributed by atoms with E-state index < -0.39 is 34.9 Å². The SMILES string of the molecule is C[C@]12C=CC(=O)C=C1C=C[C@@H]1[C@@H]2C(O)C[C@@]2(C)[C@H]1CC[C@]2(O)C(=O)CO. The van der Waals surface area contributed by atoms with Crippen molar-refractivity contribution in [1.82, 2.24) is 0 Å². The van der Waals surface area contributed by atoms with Crippen LogP contribution in [0.15, 0.2) is 36.0 Å². The third-order valence-corrected chi connectivity index (χ3v) is 7.82. The third-order valence-electron chi connectivity index (χ3n) is 7.82. The van der Waals surface area contributed by atoms with E-state index in [-0.39, 0.29) is 23.5 Å². The molecule has 2 fully saturated rings. The molecule has 5 nitrogen and oxygen atoms in total. The summed E-state index contributed by atoms with van der Waals surface area (Å²) < 4.78 is 0. The molecular formula is C21H26O5. The van der Waals surface area contributed by atoms with Crippen LogP contribution in [0.25, 0.3) is 0 Å². The maximum absolute atomic E-state index is 12.3. The fourth-order valence-corrected chi connectivity index (χ4v) is 6.38. The summed E-state index contributed by atoms with van der Waals surface area (Å²) in [5.74, 6) is -0.656. The first-order valence-corrected chi connectivity index (χ1v) is 9.35. The third kappa shape index (κ3) is 2.02. The van der Waals surface area contributed by atoms with Crippen LogP contribution in [-0.2, 0) is 9.59 Å². The zero-order valence-electron chi connectivity index (χ0n) is 15.2. The molecule has 0 radical (unpaired) electrons. The number of allylic oxidation sites excluding steroid dienone is 6. The van der Waals surface area contributed by atoms with Crippen molar-refractivity contribution in [2.75, 3.05) is 6.61 Å². The molecule has 1 unspecified atom stereocenters. The van der Waals surface area contributed by atoms with Gasteiger partial charge in [0, 0.05) is 16.7 Å². The van der Waals surface area contributed by atoms with Crippen LogP contribution in [-0.4, -0.2) is 45.2 Å². The van der Waals surface area contributed by atoms with Gasteiger partial charge in [0.15, 0.2) is 11.6 Å². The first-order valence-electron chi connectivity index (χ1n) is 9.35. The molecule has 0 spiro atoms. The quantitative estimate of drug-likeness (QED) is 0.692. The molecule has 0 aliphatic heterocycles. The Labute approximate surface area is 153 Å². The van der Waals surface area contributed by atoms with Crippen LogP contribution in [0.1, 0.15) is 33.1 Å². The van der Waals surface area contributed by atoms with Crippen LogP contribution >= 0.6 is 0 Å². The van der Waals surface area contributed by atoms with Crippen molar-refractivity contribution in [3.8, 4) is 0 Å². The Morgan fingerprint density at radius 3 is 2.73 bits per heavy atom. The Morgan fingerprint density at radius 1 is 1.31 bits per heavy atom. The molecule has 0 amide bonds. The Hall–Kier alpha value is -1.56. The molecule has 2 saturated carbocycles. The predicted molar refractivity (Wildman–Crippen MR) is 95.0 cm³/mol. The molecule has 5 heteroatoms. The van der Waals surface area contributed by atoms with E-state index in [2.05, 4.69) is 6.92 Å². The molecule has 4 aliphatic rings. The highest BCUT2D eigenvalue weighted by molar-refractivity contribution is 6.01. The van der Waals surface area contributed by atoms with Gasteiger partial charge >= 0.3 is 0 Å². The Morgan fingerprint density at radius 2 is 2.04 bits per heavy atom. The van der Waals surface area contributed by atoms with E-state index in [9.17, 15) is 24.9 Å². The van der Waals surface area contributed by atoms with Crippen molar-refractivity contribution in [1.29, 1.82) is 0 Å². The number of hydrogen-bond acceptors (Lipinski definition) is 5. The zero-order valence-corrected chi connectivity index (χ0v) is 15.2. The van der Waals surface area contributed by atoms with Gasteiger partial charge in [-0.05, 0) is 48.8 Å². The number of carbonyl (C=O) groups excluding carboxylic acids is 2. The van der Waals surface area contributed by atoms with Gasteiger partial charge in [-0.2, -0.15) is 0 Å². The second-order valence-corrected chi connectivity index (χ2v) is 8.86. The van der Waals surface area contributed by atoms with Gasteiger partial charge in [-0.25, -0.2) is 0 Å². The maximum Gasteiger partial charge on any atom is 0.190 e. The summed E-state index contributed by atoms with van der Waals surface area (Å²) in [6, 6.07) is 0. The van der Waals surface area contributed by atoms with Gasteiger partial charge in [-0.1, -0.05) is 32.1 Å². The van der Waals surface area contributed by atoms with Crippen molar-refractivity contribution in [3.05, 3.63) is 36.0 Å². The Bertz CT molecular complexity index is 764. The summed E-state index contributed by atoms with van der Waals surface area (Å²) >= 11 is 0. The number of hydrogen-bond donors (Lipinski definition) is 3. The van der Waals surface area contributed by atoms with Crippen LogP contribution in [0.3, 0.4) is 0 Å². The van der Waals surface area contributed by atoms with Crippen LogP contribution in [0.5, 0.6) is 0 Å². The zero-order chi connectivity index (χ0) is 18.9. The number of Topliss-reactive ketones (excluding diaryl/α,β-unsaturated/α-hetero) is 1. The van der Waals surface area contributed by atoms with E-state index >= 15 is 0 Å². The van der Waals surface area contributed by atoms with Crippen molar-refractivity contribution in [2.24, 2.45) is 28.6 Å². The van der Waals surface area contributed by atoms with Gasteiger partial charge in [-0.15, -0.1) is 0 Å². The number of ketones is 2. The van der Waals surface area contributed by atoms with Gasteiger partial charge in [0.05, 0.1) is 6.10 Å². The number of carbonyl (C=O) groups is 2. The topological polar surface area (TPSA) is 94.8 Å². The standard InChI is InChI=1S/C21H26O5/c1-19-7-5-13(23)9-12(19)3-4-14-15-6-8-21(26,17(25)11-22)20(15,2)10-16(24)18(14)19/h3-5,7,9,14-16,18,22,24,26H,6,8,10-11H2,1-2H3/t14-,15-,16?,18+,19-,20-,21-/m0/s1. The molecule has 26 heavy (non-hydrogen) atoms. The summed E-state index contributed by atoms with van der Waals surface area (Å²) in [6.07, 6.45) is 9.69. The van der Waals surface area contributed by atoms with E-state index in [0.717, 1.165) is 5.57 Å². The average molecular weight is 358 g/mol. The number of fused-ring (bicyclic) bond motifs is 5. The van der Waals surface area contributed by atoms with Gasteiger partial charge in [0.2, 0.25) is 0 Å².